The number of ether oxygens (including phenoxy) is 1. The lowest BCUT2D eigenvalue weighted by Crippen LogP contribution is -2.15. The lowest BCUT2D eigenvalue weighted by Gasteiger charge is -2.15. The van der Waals surface area contributed by atoms with E-state index in [0.717, 1.165) is 24.4 Å². The number of alkyl halides is 3. The third-order valence-electron chi connectivity index (χ3n) is 4.59. The van der Waals surface area contributed by atoms with Gasteiger partial charge in [0.2, 0.25) is 5.91 Å². The number of hydrogen-bond donors (Lipinski definition) is 1. The number of nitrogens with zero attached hydrogens (tertiary/aromatic N) is 2. The number of anilines is 1. The zero-order valence-electron chi connectivity index (χ0n) is 16.0. The van der Waals surface area contributed by atoms with Crippen LogP contribution >= 0.6 is 0 Å². The van der Waals surface area contributed by atoms with E-state index in [4.69, 9.17) is 9.26 Å². The summed E-state index contributed by atoms with van der Waals surface area (Å²) in [7, 11) is 1.15. The maximum absolute atomic E-state index is 13.3. The molecule has 0 aliphatic carbocycles. The number of hydrogen-bond acceptors (Lipinski definition) is 5. The zero-order valence-corrected chi connectivity index (χ0v) is 16.0. The van der Waals surface area contributed by atoms with Crippen molar-refractivity contribution < 1.29 is 27.2 Å². The maximum Gasteiger partial charge on any atom is 0.420 e. The van der Waals surface area contributed by atoms with Gasteiger partial charge in [-0.2, -0.15) is 13.2 Å². The van der Waals surface area contributed by atoms with Crippen LogP contribution < -0.4 is 10.1 Å². The quantitative estimate of drug-likeness (QED) is 0.643. The highest BCUT2D eigenvalue weighted by Gasteiger charge is 2.36. The van der Waals surface area contributed by atoms with Crippen molar-refractivity contribution in [3.8, 4) is 17.1 Å². The van der Waals surface area contributed by atoms with E-state index >= 15 is 0 Å². The van der Waals surface area contributed by atoms with Gasteiger partial charge in [-0.05, 0) is 24.6 Å². The Balaban J connectivity index is 1.81. The molecular weight excluding hydrogens is 399 g/mol. The molecule has 0 unspecified atom stereocenters. The van der Waals surface area contributed by atoms with E-state index in [1.807, 2.05) is 6.07 Å². The van der Waals surface area contributed by atoms with Crippen LogP contribution in [-0.2, 0) is 11.0 Å². The molecule has 3 aromatic rings. The summed E-state index contributed by atoms with van der Waals surface area (Å²) in [5.74, 6) is -0.275. The topological polar surface area (TPSA) is 76.7 Å². The van der Waals surface area contributed by atoms with Gasteiger partial charge in [0.05, 0.1) is 41.9 Å². The smallest absolute Gasteiger partial charge is 0.420 e. The molecule has 9 heteroatoms. The van der Waals surface area contributed by atoms with Crippen molar-refractivity contribution in [1.29, 1.82) is 0 Å². The van der Waals surface area contributed by atoms with Crippen molar-refractivity contribution in [3.63, 3.8) is 0 Å². The highest BCUT2D eigenvalue weighted by atomic mass is 19.4. The Morgan fingerprint density at radius 2 is 1.90 bits per heavy atom. The van der Waals surface area contributed by atoms with Crippen LogP contribution in [0, 0.1) is 6.92 Å². The predicted octanol–water partition coefficient (Wildman–Crippen LogP) is 5.14. The van der Waals surface area contributed by atoms with Gasteiger partial charge in [-0.25, -0.2) is 4.99 Å². The molecule has 2 aromatic carbocycles. The molecule has 1 aliphatic heterocycles. The fourth-order valence-electron chi connectivity index (χ4n) is 3.20. The monoisotopic (exact) mass is 415 g/mol. The maximum atomic E-state index is 13.3. The van der Waals surface area contributed by atoms with Crippen LogP contribution in [0.15, 0.2) is 52.0 Å². The lowest BCUT2D eigenvalue weighted by atomic mass is 10.0. The Kier molecular flexibility index (Phi) is 4.81. The summed E-state index contributed by atoms with van der Waals surface area (Å²) in [6.45, 7) is 1.80. The summed E-state index contributed by atoms with van der Waals surface area (Å²) in [5, 5.41) is 6.36. The molecule has 0 radical (unpaired) electrons. The number of methoxy groups -OCH3 is 1. The summed E-state index contributed by atoms with van der Waals surface area (Å²) in [6.07, 6.45) is -4.73. The van der Waals surface area contributed by atoms with Crippen molar-refractivity contribution in [1.82, 2.24) is 5.16 Å². The molecular formula is C21H16F3N3O3. The van der Waals surface area contributed by atoms with Gasteiger partial charge >= 0.3 is 6.18 Å². The van der Waals surface area contributed by atoms with Crippen LogP contribution in [0.25, 0.3) is 11.3 Å². The molecule has 1 N–H and O–H groups in total. The molecule has 0 atom stereocenters. The van der Waals surface area contributed by atoms with Gasteiger partial charge in [0.25, 0.3) is 0 Å². The van der Waals surface area contributed by atoms with Crippen molar-refractivity contribution in [2.45, 2.75) is 19.5 Å². The summed E-state index contributed by atoms with van der Waals surface area (Å²) in [6, 6.07) is 11.0. The molecule has 1 aliphatic rings. The average molecular weight is 415 g/mol. The Bertz CT molecular complexity index is 1170. The fraction of sp³-hybridized carbons (Fsp3) is 0.190. The Labute approximate surface area is 169 Å². The van der Waals surface area contributed by atoms with Gasteiger partial charge in [-0.15, -0.1) is 0 Å². The molecule has 0 fully saturated rings. The number of carbonyl (C=O) groups is 1. The van der Waals surface area contributed by atoms with E-state index in [0.29, 0.717) is 17.0 Å². The van der Waals surface area contributed by atoms with E-state index in [1.165, 1.54) is 6.07 Å². The molecule has 0 spiro atoms. The highest BCUT2D eigenvalue weighted by Crippen LogP contribution is 2.43. The third-order valence-corrected chi connectivity index (χ3v) is 4.59. The van der Waals surface area contributed by atoms with E-state index < -0.39 is 17.6 Å². The molecule has 4 rings (SSSR count). The van der Waals surface area contributed by atoms with Crippen LogP contribution in [0.2, 0.25) is 0 Å². The first-order valence-corrected chi connectivity index (χ1v) is 8.95. The second-order valence-electron chi connectivity index (χ2n) is 6.76. The minimum Gasteiger partial charge on any atom is -0.496 e. The minimum absolute atomic E-state index is 0.0230. The van der Waals surface area contributed by atoms with Gasteiger partial charge < -0.3 is 14.6 Å². The Morgan fingerprint density at radius 3 is 2.57 bits per heavy atom. The standard InChI is InChI=1S/C21H16F3N3O3/c1-11-6-18(30-27-11)13-5-3-4-12(7-13)15-10-20(28)26-16-8-14(21(22,23)24)19(29-2)9-17(16)25-15/h3-9H,10H2,1-2H3,(H,26,28). The van der Waals surface area contributed by atoms with E-state index in [-0.39, 0.29) is 23.5 Å². The molecule has 0 bridgehead atoms. The summed E-state index contributed by atoms with van der Waals surface area (Å²) in [5.41, 5.74) is 1.69. The van der Waals surface area contributed by atoms with Crippen molar-refractivity contribution in [2.75, 3.05) is 12.4 Å². The van der Waals surface area contributed by atoms with Gasteiger partial charge in [-0.3, -0.25) is 4.79 Å². The highest BCUT2D eigenvalue weighted by molar-refractivity contribution is 6.17. The van der Waals surface area contributed by atoms with Crippen LogP contribution in [0.1, 0.15) is 23.2 Å². The minimum atomic E-state index is -4.63. The zero-order chi connectivity index (χ0) is 21.5. The van der Waals surface area contributed by atoms with Crippen molar-refractivity contribution in [3.05, 3.63) is 59.3 Å². The van der Waals surface area contributed by atoms with Crippen LogP contribution in [0.3, 0.4) is 0 Å². The van der Waals surface area contributed by atoms with Crippen LogP contribution in [0.5, 0.6) is 5.75 Å². The number of benzene rings is 2. The van der Waals surface area contributed by atoms with Gasteiger partial charge in [0.1, 0.15) is 5.75 Å². The number of amides is 1. The largest absolute Gasteiger partial charge is 0.496 e. The second kappa shape index (κ2) is 7.33. The number of aromatic nitrogens is 1. The third kappa shape index (κ3) is 3.78. The van der Waals surface area contributed by atoms with Gasteiger partial charge in [-0.1, -0.05) is 23.4 Å². The number of halogens is 3. The van der Waals surface area contributed by atoms with Crippen molar-refractivity contribution in [2.24, 2.45) is 4.99 Å². The predicted molar refractivity (Wildman–Crippen MR) is 104 cm³/mol. The average Bonchev–Trinajstić information content (AvgIpc) is 3.06. The Hall–Kier alpha value is -3.62. The van der Waals surface area contributed by atoms with E-state index in [2.05, 4.69) is 15.5 Å². The summed E-state index contributed by atoms with van der Waals surface area (Å²) in [4.78, 5) is 16.8. The summed E-state index contributed by atoms with van der Waals surface area (Å²) >= 11 is 0. The number of fused-ring (bicyclic) bond motifs is 1. The molecule has 1 aromatic heterocycles. The molecule has 2 heterocycles. The molecule has 30 heavy (non-hydrogen) atoms. The molecule has 0 saturated carbocycles. The Morgan fingerprint density at radius 1 is 1.13 bits per heavy atom. The van der Waals surface area contributed by atoms with Gasteiger partial charge in [0.15, 0.2) is 5.76 Å². The molecule has 6 nitrogen and oxygen atoms in total. The van der Waals surface area contributed by atoms with Crippen LogP contribution in [0.4, 0.5) is 24.5 Å². The summed E-state index contributed by atoms with van der Waals surface area (Å²) < 4.78 is 50.1. The number of aliphatic imine (C=N–C) groups is 1. The number of rotatable bonds is 3. The van der Waals surface area contributed by atoms with Crippen molar-refractivity contribution >= 4 is 23.0 Å². The number of carbonyl (C=O) groups excluding carboxylic acids is 1. The molecule has 1 amide bonds. The molecule has 0 saturated heterocycles. The first kappa shape index (κ1) is 19.7. The lowest BCUT2D eigenvalue weighted by molar-refractivity contribution is -0.138. The SMILES string of the molecule is COc1cc2c(cc1C(F)(F)F)NC(=O)CC(c1cccc(-c3cc(C)no3)c1)=N2. The van der Waals surface area contributed by atoms with Crippen LogP contribution in [-0.4, -0.2) is 23.9 Å². The normalized spacial score (nSPS) is 13.9. The molecule has 154 valence electrons. The first-order chi connectivity index (χ1) is 14.2. The first-order valence-electron chi connectivity index (χ1n) is 8.95. The number of aryl methyl sites for hydroxylation is 1. The number of nitrogens with one attached hydrogen (secondary N) is 1. The van der Waals surface area contributed by atoms with Gasteiger partial charge in [0, 0.05) is 17.7 Å². The van der Waals surface area contributed by atoms with E-state index in [9.17, 15) is 18.0 Å². The fourth-order valence-corrected chi connectivity index (χ4v) is 3.20. The second-order valence-corrected chi connectivity index (χ2v) is 6.76. The van der Waals surface area contributed by atoms with E-state index in [1.54, 1.807) is 31.2 Å².